The van der Waals surface area contributed by atoms with Crippen LogP contribution in [-0.2, 0) is 18.9 Å². The minimum atomic E-state index is -0.845. The molecule has 110 valence electrons. The lowest BCUT2D eigenvalue weighted by Gasteiger charge is -2.20. The van der Waals surface area contributed by atoms with Crippen LogP contribution in [0.25, 0.3) is 0 Å². The highest BCUT2D eigenvalue weighted by atomic mass is 16.9. The van der Waals surface area contributed by atoms with E-state index in [0.29, 0.717) is 0 Å². The first-order valence-corrected chi connectivity index (χ1v) is 6.08. The maximum Gasteiger partial charge on any atom is 0.351 e. The molecule has 3 heterocycles. The SMILES string of the molecule is COC1O[C@@H]2[C@H](O1)[C@@H](CO)O[C@H]2n1ccc(N)nc1=O. The monoisotopic (exact) mass is 285 g/mol. The average molecular weight is 285 g/mol. The number of fused-ring (bicyclic) bond motifs is 1. The van der Waals surface area contributed by atoms with E-state index in [9.17, 15) is 9.90 Å². The number of aliphatic hydroxyl groups is 1. The summed E-state index contributed by atoms with van der Waals surface area (Å²) in [5.41, 5.74) is 4.89. The lowest BCUT2D eigenvalue weighted by molar-refractivity contribution is -0.257. The van der Waals surface area contributed by atoms with Crippen molar-refractivity contribution in [1.29, 1.82) is 0 Å². The number of hydrogen-bond donors (Lipinski definition) is 2. The number of methoxy groups -OCH3 is 1. The van der Waals surface area contributed by atoms with Crippen LogP contribution < -0.4 is 11.4 Å². The highest BCUT2D eigenvalue weighted by Gasteiger charge is 2.53. The van der Waals surface area contributed by atoms with Crippen LogP contribution in [0.1, 0.15) is 6.23 Å². The number of nitrogens with zero attached hydrogens (tertiary/aromatic N) is 2. The fourth-order valence-corrected chi connectivity index (χ4v) is 2.41. The quantitative estimate of drug-likeness (QED) is 0.683. The van der Waals surface area contributed by atoms with Crippen LogP contribution in [0.4, 0.5) is 5.82 Å². The van der Waals surface area contributed by atoms with E-state index in [2.05, 4.69) is 4.98 Å². The van der Waals surface area contributed by atoms with Gasteiger partial charge in [0.25, 0.3) is 6.48 Å². The summed E-state index contributed by atoms with van der Waals surface area (Å²) in [5.74, 6) is 0.123. The molecule has 0 spiro atoms. The van der Waals surface area contributed by atoms with Gasteiger partial charge in [0.05, 0.1) is 6.61 Å². The third-order valence-electron chi connectivity index (χ3n) is 3.32. The zero-order chi connectivity index (χ0) is 14.3. The Morgan fingerprint density at radius 2 is 2.20 bits per heavy atom. The topological polar surface area (TPSA) is 118 Å². The lowest BCUT2D eigenvalue weighted by Crippen LogP contribution is -2.34. The number of aliphatic hydroxyl groups excluding tert-OH is 1. The fourth-order valence-electron chi connectivity index (χ4n) is 2.41. The Hall–Kier alpha value is -1.52. The maximum atomic E-state index is 11.9. The molecule has 20 heavy (non-hydrogen) atoms. The molecule has 2 aliphatic rings. The van der Waals surface area contributed by atoms with Crippen LogP contribution in [0.15, 0.2) is 17.1 Å². The van der Waals surface area contributed by atoms with Gasteiger partial charge in [-0.05, 0) is 6.07 Å². The minimum Gasteiger partial charge on any atom is -0.394 e. The van der Waals surface area contributed by atoms with Crippen molar-refractivity contribution in [3.63, 3.8) is 0 Å². The van der Waals surface area contributed by atoms with Crippen molar-refractivity contribution in [3.05, 3.63) is 22.7 Å². The molecule has 3 N–H and O–H groups in total. The van der Waals surface area contributed by atoms with Crippen molar-refractivity contribution in [3.8, 4) is 0 Å². The van der Waals surface area contributed by atoms with E-state index >= 15 is 0 Å². The summed E-state index contributed by atoms with van der Waals surface area (Å²) in [6, 6.07) is 1.48. The number of nitrogens with two attached hydrogens (primary N) is 1. The minimum absolute atomic E-state index is 0.123. The predicted molar refractivity (Wildman–Crippen MR) is 64.4 cm³/mol. The van der Waals surface area contributed by atoms with Gasteiger partial charge in [-0.25, -0.2) is 4.79 Å². The number of nitrogen functional groups attached to an aromatic ring is 1. The maximum absolute atomic E-state index is 11.9. The van der Waals surface area contributed by atoms with Gasteiger partial charge in [0.1, 0.15) is 24.1 Å². The molecule has 2 saturated heterocycles. The Kier molecular flexibility index (Phi) is 3.44. The summed E-state index contributed by atoms with van der Waals surface area (Å²) >= 11 is 0. The van der Waals surface area contributed by atoms with Gasteiger partial charge in [-0.2, -0.15) is 4.98 Å². The molecule has 9 heteroatoms. The van der Waals surface area contributed by atoms with Gasteiger partial charge < -0.3 is 29.8 Å². The Balaban J connectivity index is 1.92. The van der Waals surface area contributed by atoms with Gasteiger partial charge in [-0.1, -0.05) is 0 Å². The second-order valence-corrected chi connectivity index (χ2v) is 4.52. The Morgan fingerprint density at radius 1 is 1.45 bits per heavy atom. The van der Waals surface area contributed by atoms with E-state index in [4.69, 9.17) is 24.7 Å². The number of aromatic nitrogens is 2. The Morgan fingerprint density at radius 3 is 2.85 bits per heavy atom. The van der Waals surface area contributed by atoms with Gasteiger partial charge in [0, 0.05) is 13.3 Å². The third-order valence-corrected chi connectivity index (χ3v) is 3.32. The first-order valence-electron chi connectivity index (χ1n) is 6.08. The smallest absolute Gasteiger partial charge is 0.351 e. The molecule has 0 radical (unpaired) electrons. The first kappa shape index (κ1) is 13.5. The van der Waals surface area contributed by atoms with Crippen LogP contribution in [0.2, 0.25) is 0 Å². The largest absolute Gasteiger partial charge is 0.394 e. The van der Waals surface area contributed by atoms with Crippen molar-refractivity contribution in [2.75, 3.05) is 19.5 Å². The molecule has 5 atom stereocenters. The summed E-state index contributed by atoms with van der Waals surface area (Å²) in [7, 11) is 1.44. The molecule has 2 fully saturated rings. The molecule has 1 aromatic heterocycles. The number of hydrogen-bond acceptors (Lipinski definition) is 8. The summed E-state index contributed by atoms with van der Waals surface area (Å²) in [4.78, 5) is 15.5. The molecule has 1 aromatic rings. The second kappa shape index (κ2) is 5.11. The van der Waals surface area contributed by atoms with E-state index in [0.717, 1.165) is 0 Å². The summed E-state index contributed by atoms with van der Waals surface area (Å²) < 4.78 is 22.8. The molecule has 0 amide bonds. The van der Waals surface area contributed by atoms with Crippen molar-refractivity contribution in [2.45, 2.75) is 31.0 Å². The molecule has 0 saturated carbocycles. The van der Waals surface area contributed by atoms with Crippen LogP contribution in [0.3, 0.4) is 0 Å². The highest BCUT2D eigenvalue weighted by Crippen LogP contribution is 2.38. The van der Waals surface area contributed by atoms with Gasteiger partial charge in [-0.15, -0.1) is 0 Å². The van der Waals surface area contributed by atoms with E-state index in [1.54, 1.807) is 0 Å². The molecule has 9 nitrogen and oxygen atoms in total. The van der Waals surface area contributed by atoms with Crippen LogP contribution in [-0.4, -0.2) is 53.2 Å². The number of ether oxygens (including phenoxy) is 4. The molecular formula is C11H15N3O6. The van der Waals surface area contributed by atoms with Crippen LogP contribution in [0, 0.1) is 0 Å². The van der Waals surface area contributed by atoms with Gasteiger partial charge in [0.2, 0.25) is 0 Å². The van der Waals surface area contributed by atoms with Crippen molar-refractivity contribution in [2.24, 2.45) is 0 Å². The molecule has 1 unspecified atom stereocenters. The molecule has 3 rings (SSSR count). The van der Waals surface area contributed by atoms with E-state index in [1.807, 2.05) is 0 Å². The van der Waals surface area contributed by atoms with E-state index in [1.165, 1.54) is 23.9 Å². The molecule has 0 bridgehead atoms. The standard InChI is InChI=1S/C11H15N3O6/c1-17-11-19-7-5(4-15)18-9(8(7)20-11)14-3-2-6(12)13-10(14)16/h2-3,5,7-9,11,15H,4H2,1H3,(H2,12,13,16)/t5-,7-,8-,9-,11?/m1/s1. The second-order valence-electron chi connectivity index (χ2n) is 4.52. The average Bonchev–Trinajstić information content (AvgIpc) is 2.97. The van der Waals surface area contributed by atoms with E-state index < -0.39 is 36.7 Å². The van der Waals surface area contributed by atoms with Crippen molar-refractivity contribution < 1.29 is 24.1 Å². The van der Waals surface area contributed by atoms with Crippen molar-refractivity contribution in [1.82, 2.24) is 9.55 Å². The molecule has 0 aliphatic carbocycles. The zero-order valence-corrected chi connectivity index (χ0v) is 10.7. The van der Waals surface area contributed by atoms with Gasteiger partial charge >= 0.3 is 5.69 Å². The normalized spacial score (nSPS) is 36.2. The first-order chi connectivity index (χ1) is 9.63. The van der Waals surface area contributed by atoms with Gasteiger partial charge in [0.15, 0.2) is 6.23 Å². The van der Waals surface area contributed by atoms with E-state index in [-0.39, 0.29) is 12.4 Å². The lowest BCUT2D eigenvalue weighted by atomic mass is 10.1. The summed E-state index contributed by atoms with van der Waals surface area (Å²) in [6.45, 7) is -1.10. The Bertz CT molecular complexity index is 549. The predicted octanol–water partition coefficient (Wildman–Crippen LogP) is -1.57. The number of anilines is 1. The third kappa shape index (κ3) is 2.09. The fraction of sp³-hybridized carbons (Fsp3) is 0.636. The highest BCUT2D eigenvalue weighted by molar-refractivity contribution is 5.23. The van der Waals surface area contributed by atoms with Gasteiger partial charge in [-0.3, -0.25) is 4.57 Å². The summed E-state index contributed by atoms with van der Waals surface area (Å²) in [5, 5.41) is 9.33. The number of rotatable bonds is 3. The van der Waals surface area contributed by atoms with Crippen molar-refractivity contribution >= 4 is 5.82 Å². The molecule has 2 aliphatic heterocycles. The Labute approximate surface area is 113 Å². The molecular weight excluding hydrogens is 270 g/mol. The van der Waals surface area contributed by atoms with Crippen LogP contribution >= 0.6 is 0 Å². The zero-order valence-electron chi connectivity index (χ0n) is 10.7. The molecule has 0 aromatic carbocycles. The van der Waals surface area contributed by atoms with Crippen LogP contribution in [0.5, 0.6) is 0 Å². The summed E-state index contributed by atoms with van der Waals surface area (Å²) in [6.07, 6.45) is -0.970.